The molecule has 1 heterocycles. The molecule has 56 valence electrons. The lowest BCUT2D eigenvalue weighted by Gasteiger charge is -1.98. The zero-order valence-electron chi connectivity index (χ0n) is 5.75. The van der Waals surface area contributed by atoms with Crippen molar-refractivity contribution < 1.29 is 9.68 Å². The molecule has 0 atom stereocenters. The minimum Gasteiger partial charge on any atom is -0.423 e. The van der Waals surface area contributed by atoms with Crippen LogP contribution in [0, 0.1) is 0 Å². The van der Waals surface area contributed by atoms with Crippen LogP contribution >= 0.6 is 15.9 Å². The summed E-state index contributed by atoms with van der Waals surface area (Å²) in [5.74, 6) is 0. The Balaban J connectivity index is 2.57. The Hall–Kier alpha value is -0.315. The van der Waals surface area contributed by atoms with Crippen LogP contribution in [0.4, 0.5) is 0 Å². The Morgan fingerprint density at radius 3 is 3.09 bits per heavy atom. The average molecular weight is 213 g/mol. The molecule has 0 fully saturated rings. The number of halogens is 1. The highest BCUT2D eigenvalue weighted by Gasteiger charge is 2.27. The maximum absolute atomic E-state index is 9.26. The molecule has 0 saturated carbocycles. The van der Waals surface area contributed by atoms with Gasteiger partial charge in [0.1, 0.15) is 0 Å². The van der Waals surface area contributed by atoms with Crippen molar-refractivity contribution in [2.24, 2.45) is 0 Å². The lowest BCUT2D eigenvalue weighted by atomic mass is 9.80. The molecule has 1 N–H and O–H groups in total. The van der Waals surface area contributed by atoms with E-state index in [4.69, 9.17) is 4.65 Å². The van der Waals surface area contributed by atoms with E-state index in [1.807, 2.05) is 18.2 Å². The van der Waals surface area contributed by atoms with E-state index in [-0.39, 0.29) is 0 Å². The number of rotatable bonds is 0. The van der Waals surface area contributed by atoms with Crippen LogP contribution in [0.25, 0.3) is 0 Å². The molecule has 1 aliphatic rings. The van der Waals surface area contributed by atoms with Crippen LogP contribution in [0.15, 0.2) is 22.7 Å². The van der Waals surface area contributed by atoms with Gasteiger partial charge in [-0.15, -0.1) is 0 Å². The summed E-state index contributed by atoms with van der Waals surface area (Å²) in [4.78, 5) is 0. The van der Waals surface area contributed by atoms with Crippen molar-refractivity contribution >= 4 is 28.5 Å². The first-order valence-electron chi connectivity index (χ1n) is 3.36. The maximum atomic E-state index is 9.26. The number of hydrogen-bond acceptors (Lipinski definition) is 2. The van der Waals surface area contributed by atoms with Crippen LogP contribution < -0.4 is 5.46 Å². The second kappa shape index (κ2) is 2.62. The van der Waals surface area contributed by atoms with Crippen LogP contribution in [0.1, 0.15) is 5.56 Å². The molecule has 11 heavy (non-hydrogen) atoms. The highest BCUT2D eigenvalue weighted by Crippen LogP contribution is 2.19. The predicted molar refractivity (Wildman–Crippen MR) is 46.5 cm³/mol. The zero-order valence-corrected chi connectivity index (χ0v) is 7.34. The molecular weight excluding hydrogens is 207 g/mol. The highest BCUT2D eigenvalue weighted by molar-refractivity contribution is 9.10. The van der Waals surface area contributed by atoms with Gasteiger partial charge in [-0.25, -0.2) is 0 Å². The molecule has 0 aromatic heterocycles. The Labute approximate surface area is 73.5 Å². The molecule has 2 rings (SSSR count). The molecule has 0 aliphatic carbocycles. The fourth-order valence-corrected chi connectivity index (χ4v) is 1.71. The SMILES string of the molecule is OB1OCc2c(Br)cccc21. The van der Waals surface area contributed by atoms with Crippen LogP contribution in [0.5, 0.6) is 0 Å². The van der Waals surface area contributed by atoms with Gasteiger partial charge in [0.05, 0.1) is 6.61 Å². The molecule has 2 nitrogen and oxygen atoms in total. The molecule has 1 aliphatic heterocycles. The van der Waals surface area contributed by atoms with Crippen molar-refractivity contribution in [2.45, 2.75) is 6.61 Å². The summed E-state index contributed by atoms with van der Waals surface area (Å²) in [7, 11) is -0.734. The first kappa shape index (κ1) is 7.34. The first-order chi connectivity index (χ1) is 5.29. The Morgan fingerprint density at radius 2 is 2.36 bits per heavy atom. The molecule has 0 bridgehead atoms. The molecule has 0 saturated heterocycles. The highest BCUT2D eigenvalue weighted by atomic mass is 79.9. The average Bonchev–Trinajstić information content (AvgIpc) is 2.35. The standard InChI is InChI=1S/C7H6BBrO2/c9-7-3-1-2-6-5(7)4-11-8(6)10/h1-3,10H,4H2. The van der Waals surface area contributed by atoms with E-state index < -0.39 is 7.12 Å². The lowest BCUT2D eigenvalue weighted by Crippen LogP contribution is -2.27. The van der Waals surface area contributed by atoms with Crippen LogP contribution in [-0.4, -0.2) is 12.1 Å². The van der Waals surface area contributed by atoms with Gasteiger partial charge in [0.2, 0.25) is 0 Å². The lowest BCUT2D eigenvalue weighted by molar-refractivity contribution is 0.275. The van der Waals surface area contributed by atoms with E-state index in [0.29, 0.717) is 6.61 Å². The molecule has 1 aromatic rings. The number of benzene rings is 1. The van der Waals surface area contributed by atoms with Gasteiger partial charge in [-0.05, 0) is 17.1 Å². The van der Waals surface area contributed by atoms with Crippen LogP contribution in [0.2, 0.25) is 0 Å². The van der Waals surface area contributed by atoms with Gasteiger partial charge in [-0.3, -0.25) is 0 Å². The molecular formula is C7H6BBrO2. The third kappa shape index (κ3) is 1.11. The van der Waals surface area contributed by atoms with E-state index in [1.165, 1.54) is 0 Å². The molecule has 0 unspecified atom stereocenters. The summed E-state index contributed by atoms with van der Waals surface area (Å²) in [6.45, 7) is 0.498. The summed E-state index contributed by atoms with van der Waals surface area (Å²) in [5.41, 5.74) is 1.93. The summed E-state index contributed by atoms with van der Waals surface area (Å²) >= 11 is 3.38. The summed E-state index contributed by atoms with van der Waals surface area (Å²) in [6, 6.07) is 5.71. The van der Waals surface area contributed by atoms with Gasteiger partial charge in [0, 0.05) is 4.47 Å². The number of fused-ring (bicyclic) bond motifs is 1. The zero-order chi connectivity index (χ0) is 7.84. The van der Waals surface area contributed by atoms with E-state index in [9.17, 15) is 5.02 Å². The van der Waals surface area contributed by atoms with E-state index >= 15 is 0 Å². The smallest absolute Gasteiger partial charge is 0.423 e. The first-order valence-corrected chi connectivity index (χ1v) is 4.15. The fraction of sp³-hybridized carbons (Fsp3) is 0.143. The van der Waals surface area contributed by atoms with Crippen LogP contribution in [0.3, 0.4) is 0 Å². The maximum Gasteiger partial charge on any atom is 0.491 e. The van der Waals surface area contributed by atoms with Gasteiger partial charge >= 0.3 is 7.12 Å². The molecule has 0 radical (unpaired) electrons. The van der Waals surface area contributed by atoms with Crippen molar-refractivity contribution in [1.82, 2.24) is 0 Å². The van der Waals surface area contributed by atoms with E-state index in [0.717, 1.165) is 15.5 Å². The van der Waals surface area contributed by atoms with Crippen molar-refractivity contribution in [2.75, 3.05) is 0 Å². The van der Waals surface area contributed by atoms with Gasteiger partial charge in [-0.2, -0.15) is 0 Å². The third-order valence-corrected chi connectivity index (χ3v) is 2.55. The minimum absolute atomic E-state index is 0.498. The normalized spacial score (nSPS) is 15.3. The number of hydrogen-bond donors (Lipinski definition) is 1. The van der Waals surface area contributed by atoms with Crippen LogP contribution in [-0.2, 0) is 11.3 Å². The van der Waals surface area contributed by atoms with Crippen molar-refractivity contribution in [3.05, 3.63) is 28.2 Å². The second-order valence-corrected chi connectivity index (χ2v) is 3.33. The molecule has 0 amide bonds. The fourth-order valence-electron chi connectivity index (χ4n) is 1.21. The molecule has 0 spiro atoms. The minimum atomic E-state index is -0.734. The monoisotopic (exact) mass is 212 g/mol. The van der Waals surface area contributed by atoms with E-state index in [1.54, 1.807) is 0 Å². The van der Waals surface area contributed by atoms with E-state index in [2.05, 4.69) is 15.9 Å². The van der Waals surface area contributed by atoms with Crippen molar-refractivity contribution in [1.29, 1.82) is 0 Å². The largest absolute Gasteiger partial charge is 0.491 e. The summed E-state index contributed by atoms with van der Waals surface area (Å²) in [5, 5.41) is 9.26. The molecule has 4 heteroatoms. The quantitative estimate of drug-likeness (QED) is 0.641. The summed E-state index contributed by atoms with van der Waals surface area (Å²) in [6.07, 6.45) is 0. The van der Waals surface area contributed by atoms with Crippen molar-refractivity contribution in [3.63, 3.8) is 0 Å². The topological polar surface area (TPSA) is 29.5 Å². The van der Waals surface area contributed by atoms with Gasteiger partial charge in [0.25, 0.3) is 0 Å². The van der Waals surface area contributed by atoms with Gasteiger partial charge < -0.3 is 9.68 Å². The van der Waals surface area contributed by atoms with Crippen molar-refractivity contribution in [3.8, 4) is 0 Å². The van der Waals surface area contributed by atoms with Gasteiger partial charge in [0.15, 0.2) is 0 Å². The summed E-state index contributed by atoms with van der Waals surface area (Å²) < 4.78 is 6.04. The van der Waals surface area contributed by atoms with Gasteiger partial charge in [-0.1, -0.05) is 28.1 Å². The Kier molecular flexibility index (Phi) is 1.75. The molecule has 1 aromatic carbocycles. The Morgan fingerprint density at radius 1 is 1.55 bits per heavy atom. The third-order valence-electron chi connectivity index (χ3n) is 1.81. The predicted octanol–water partition coefficient (Wildman–Crippen LogP) is 0.667. The second-order valence-electron chi connectivity index (χ2n) is 2.47. The Bertz CT molecular complexity index is 290.